The Morgan fingerprint density at radius 3 is 2.83 bits per heavy atom. The second-order valence-electron chi connectivity index (χ2n) is 5.15. The van der Waals surface area contributed by atoms with Crippen LogP contribution in [0.1, 0.15) is 15.9 Å². The molecule has 0 aliphatic heterocycles. The maximum absolute atomic E-state index is 12.4. The van der Waals surface area contributed by atoms with Crippen LogP contribution in [-0.2, 0) is 13.6 Å². The molecule has 3 aromatic rings. The van der Waals surface area contributed by atoms with E-state index in [1.54, 1.807) is 7.05 Å². The molecule has 122 valence electrons. The van der Waals surface area contributed by atoms with Gasteiger partial charge in [0.1, 0.15) is 11.7 Å². The third-order valence-corrected chi connectivity index (χ3v) is 3.63. The lowest BCUT2D eigenvalue weighted by molar-refractivity contribution is -0.385. The van der Waals surface area contributed by atoms with E-state index in [0.29, 0.717) is 11.0 Å². The number of nitro groups is 1. The van der Waals surface area contributed by atoms with Gasteiger partial charge in [0.25, 0.3) is 11.2 Å². The lowest BCUT2D eigenvalue weighted by Gasteiger charge is -2.07. The Balaban J connectivity index is 2.08. The van der Waals surface area contributed by atoms with Crippen LogP contribution in [0.5, 0.6) is 0 Å². The first-order chi connectivity index (χ1) is 11.4. The molecule has 0 fully saturated rings. The Hall–Kier alpha value is -3.56. The Bertz CT molecular complexity index is 1040. The highest BCUT2D eigenvalue weighted by molar-refractivity contribution is 5.93. The second-order valence-corrected chi connectivity index (χ2v) is 5.15. The molecule has 2 heterocycles. The number of nitrogens with two attached hydrogens (primary N) is 1. The first-order valence-electron chi connectivity index (χ1n) is 6.82. The van der Waals surface area contributed by atoms with Gasteiger partial charge in [-0.05, 0) is 12.1 Å². The topological polar surface area (TPSA) is 139 Å². The molecule has 0 spiro atoms. The van der Waals surface area contributed by atoms with Crippen molar-refractivity contribution in [3.8, 4) is 0 Å². The number of rotatable bonds is 4. The van der Waals surface area contributed by atoms with E-state index >= 15 is 0 Å². The maximum atomic E-state index is 12.4. The van der Waals surface area contributed by atoms with Crippen LogP contribution in [0, 0.1) is 10.1 Å². The highest BCUT2D eigenvalue weighted by atomic mass is 16.6. The number of nitro benzene ring substituents is 1. The predicted octanol–water partition coefficient (Wildman–Crippen LogP) is 0.185. The number of nitrogens with zero attached hydrogens (tertiary/aromatic N) is 5. The monoisotopic (exact) mass is 328 g/mol. The zero-order valence-corrected chi connectivity index (χ0v) is 12.5. The van der Waals surface area contributed by atoms with Gasteiger partial charge in [-0.15, -0.1) is 0 Å². The predicted molar refractivity (Wildman–Crippen MR) is 83.5 cm³/mol. The van der Waals surface area contributed by atoms with Crippen molar-refractivity contribution < 1.29 is 9.72 Å². The third kappa shape index (κ3) is 2.49. The SMILES string of the molecule is Cn1ncc2c(=O)n(Cc3ccc(C(N)=O)cc3[N+](=O)[O-])cnc21. The number of aryl methyl sites for hydroxylation is 1. The van der Waals surface area contributed by atoms with Crippen molar-refractivity contribution in [1.29, 1.82) is 0 Å². The van der Waals surface area contributed by atoms with E-state index < -0.39 is 10.8 Å². The average Bonchev–Trinajstić information content (AvgIpc) is 2.92. The number of carbonyl (C=O) groups is 1. The normalized spacial score (nSPS) is 10.9. The van der Waals surface area contributed by atoms with Gasteiger partial charge in [0.15, 0.2) is 5.65 Å². The van der Waals surface area contributed by atoms with E-state index in [1.807, 2.05) is 0 Å². The minimum Gasteiger partial charge on any atom is -0.366 e. The van der Waals surface area contributed by atoms with Gasteiger partial charge in [-0.1, -0.05) is 0 Å². The van der Waals surface area contributed by atoms with Crippen LogP contribution in [0.4, 0.5) is 5.69 Å². The van der Waals surface area contributed by atoms with Gasteiger partial charge in [-0.25, -0.2) is 4.98 Å². The highest BCUT2D eigenvalue weighted by Gasteiger charge is 2.18. The lowest BCUT2D eigenvalue weighted by Crippen LogP contribution is -2.21. The number of hydrogen-bond donors (Lipinski definition) is 1. The smallest absolute Gasteiger partial charge is 0.275 e. The summed E-state index contributed by atoms with van der Waals surface area (Å²) < 4.78 is 2.71. The van der Waals surface area contributed by atoms with Gasteiger partial charge in [-0.2, -0.15) is 5.10 Å². The standard InChI is InChI=1S/C14H12N6O4/c1-18-13-10(5-17-18)14(22)19(7-16-13)6-9-3-2-8(12(15)21)4-11(9)20(23)24/h2-5,7H,6H2,1H3,(H2,15,21). The van der Waals surface area contributed by atoms with E-state index in [-0.39, 0.29) is 28.9 Å². The Kier molecular flexibility index (Phi) is 3.56. The summed E-state index contributed by atoms with van der Waals surface area (Å²) in [5.74, 6) is -0.764. The van der Waals surface area contributed by atoms with E-state index in [0.717, 1.165) is 6.07 Å². The van der Waals surface area contributed by atoms with Crippen LogP contribution in [-0.4, -0.2) is 30.2 Å². The summed E-state index contributed by atoms with van der Waals surface area (Å²) >= 11 is 0. The molecular weight excluding hydrogens is 316 g/mol. The molecule has 0 radical (unpaired) electrons. The number of primary amides is 1. The van der Waals surface area contributed by atoms with Crippen LogP contribution in [0.2, 0.25) is 0 Å². The van der Waals surface area contributed by atoms with Crippen molar-refractivity contribution in [2.24, 2.45) is 12.8 Å². The molecule has 0 unspecified atom stereocenters. The molecule has 1 amide bonds. The molecule has 0 aliphatic rings. The molecule has 24 heavy (non-hydrogen) atoms. The highest BCUT2D eigenvalue weighted by Crippen LogP contribution is 2.21. The molecule has 0 saturated carbocycles. The number of amides is 1. The third-order valence-electron chi connectivity index (χ3n) is 3.63. The fourth-order valence-corrected chi connectivity index (χ4v) is 2.38. The summed E-state index contributed by atoms with van der Waals surface area (Å²) in [7, 11) is 1.66. The number of benzene rings is 1. The molecule has 10 heteroatoms. The minimum atomic E-state index is -0.764. The first-order valence-corrected chi connectivity index (χ1v) is 6.82. The van der Waals surface area contributed by atoms with E-state index in [4.69, 9.17) is 5.73 Å². The quantitative estimate of drug-likeness (QED) is 0.535. The molecule has 0 atom stereocenters. The molecule has 2 N–H and O–H groups in total. The van der Waals surface area contributed by atoms with Crippen LogP contribution in [0.15, 0.2) is 35.5 Å². The molecule has 2 aromatic heterocycles. The van der Waals surface area contributed by atoms with E-state index in [2.05, 4.69) is 10.1 Å². The largest absolute Gasteiger partial charge is 0.366 e. The number of carbonyl (C=O) groups excluding carboxylic acids is 1. The number of aromatic nitrogens is 4. The fraction of sp³-hybridized carbons (Fsp3) is 0.143. The van der Waals surface area contributed by atoms with Gasteiger partial charge in [0.05, 0.1) is 17.7 Å². The van der Waals surface area contributed by atoms with Crippen LogP contribution in [0.25, 0.3) is 11.0 Å². The number of hydrogen-bond acceptors (Lipinski definition) is 6. The van der Waals surface area contributed by atoms with Crippen molar-refractivity contribution in [3.05, 3.63) is 62.3 Å². The molecule has 10 nitrogen and oxygen atoms in total. The zero-order valence-electron chi connectivity index (χ0n) is 12.5. The summed E-state index contributed by atoms with van der Waals surface area (Å²) in [6.45, 7) is -0.0635. The second kappa shape index (κ2) is 5.57. The molecule has 0 saturated heterocycles. The molecule has 0 aliphatic carbocycles. The van der Waals surface area contributed by atoms with Gasteiger partial charge in [-0.3, -0.25) is 29.0 Å². The molecule has 1 aromatic carbocycles. The average molecular weight is 328 g/mol. The Morgan fingerprint density at radius 2 is 2.17 bits per heavy atom. The van der Waals surface area contributed by atoms with Crippen molar-refractivity contribution in [3.63, 3.8) is 0 Å². The van der Waals surface area contributed by atoms with Crippen molar-refractivity contribution in [2.75, 3.05) is 0 Å². The van der Waals surface area contributed by atoms with Crippen LogP contribution < -0.4 is 11.3 Å². The zero-order chi connectivity index (χ0) is 17.4. The van der Waals surface area contributed by atoms with Gasteiger partial charge < -0.3 is 5.73 Å². The first kappa shape index (κ1) is 15.3. The van der Waals surface area contributed by atoms with Crippen LogP contribution >= 0.6 is 0 Å². The lowest BCUT2D eigenvalue weighted by atomic mass is 10.1. The summed E-state index contributed by atoms with van der Waals surface area (Å²) in [5.41, 5.74) is 5.20. The Labute approximate surface area is 134 Å². The van der Waals surface area contributed by atoms with Gasteiger partial charge in [0, 0.05) is 24.2 Å². The maximum Gasteiger partial charge on any atom is 0.275 e. The summed E-state index contributed by atoms with van der Waals surface area (Å²) in [4.78, 5) is 38.3. The molecule has 3 rings (SSSR count). The molecular formula is C14H12N6O4. The minimum absolute atomic E-state index is 0.0265. The van der Waals surface area contributed by atoms with E-state index in [9.17, 15) is 19.7 Å². The Morgan fingerprint density at radius 1 is 1.42 bits per heavy atom. The van der Waals surface area contributed by atoms with Crippen LogP contribution in [0.3, 0.4) is 0 Å². The summed E-state index contributed by atoms with van der Waals surface area (Å²) in [6.07, 6.45) is 2.70. The van der Waals surface area contributed by atoms with Crippen molar-refractivity contribution in [1.82, 2.24) is 19.3 Å². The summed E-state index contributed by atoms with van der Waals surface area (Å²) in [6, 6.07) is 3.88. The van der Waals surface area contributed by atoms with Gasteiger partial charge in [0.2, 0.25) is 5.91 Å². The van der Waals surface area contributed by atoms with Crippen molar-refractivity contribution >= 4 is 22.6 Å². The van der Waals surface area contributed by atoms with E-state index in [1.165, 1.54) is 33.9 Å². The van der Waals surface area contributed by atoms with Crippen molar-refractivity contribution in [2.45, 2.75) is 6.54 Å². The fourth-order valence-electron chi connectivity index (χ4n) is 2.38. The van der Waals surface area contributed by atoms with Gasteiger partial charge >= 0.3 is 0 Å². The summed E-state index contributed by atoms with van der Waals surface area (Å²) in [5, 5.41) is 15.5. The number of fused-ring (bicyclic) bond motifs is 1. The molecule has 0 bridgehead atoms.